The zero-order valence-corrected chi connectivity index (χ0v) is 30.0. The topological polar surface area (TPSA) is 57.6 Å². The number of hydrogen-bond donors (Lipinski definition) is 1. The molecule has 0 aromatic heterocycles. The molecule has 1 aromatic carbocycles. The second-order valence-corrected chi connectivity index (χ2v) is 14.6. The maximum atomic E-state index is 10.9. The molecule has 5 heteroatoms. The van der Waals surface area contributed by atoms with Crippen LogP contribution in [0.5, 0.6) is 0 Å². The van der Waals surface area contributed by atoms with Crippen molar-refractivity contribution in [2.75, 3.05) is 20.6 Å². The second kappa shape index (κ2) is 31.1. The fourth-order valence-corrected chi connectivity index (χ4v) is 6.10. The Kier molecular flexibility index (Phi) is 30.4. The molecule has 0 radical (unpaired) electrons. The van der Waals surface area contributed by atoms with Gasteiger partial charge in [0.2, 0.25) is 0 Å². The predicted octanol–water partition coefficient (Wildman–Crippen LogP) is 12.2. The first-order chi connectivity index (χ1) is 20.8. The number of aryl methyl sites for hydroxylation is 1. The second-order valence-electron chi connectivity index (χ2n) is 13.2. The zero-order valence-electron chi connectivity index (χ0n) is 29.2. The van der Waals surface area contributed by atoms with Crippen LogP contribution in [0.4, 0.5) is 0 Å². The van der Waals surface area contributed by atoms with Crippen molar-refractivity contribution in [2.24, 2.45) is 0 Å². The summed E-state index contributed by atoms with van der Waals surface area (Å²) in [5.74, 6) is 0. The highest BCUT2D eigenvalue weighted by Crippen LogP contribution is 2.16. The van der Waals surface area contributed by atoms with Gasteiger partial charge in [-0.05, 0) is 57.6 Å². The van der Waals surface area contributed by atoms with E-state index in [-0.39, 0.29) is 4.90 Å². The molecule has 0 aliphatic rings. The van der Waals surface area contributed by atoms with Crippen molar-refractivity contribution in [1.29, 1.82) is 0 Å². The first kappa shape index (κ1) is 42.1. The summed E-state index contributed by atoms with van der Waals surface area (Å²) >= 11 is 0. The number of rotatable bonds is 29. The van der Waals surface area contributed by atoms with Crippen LogP contribution < -0.4 is 0 Å². The summed E-state index contributed by atoms with van der Waals surface area (Å²) in [5.41, 5.74) is 1.13. The van der Waals surface area contributed by atoms with Crippen LogP contribution in [0.1, 0.15) is 186 Å². The smallest absolute Gasteiger partial charge is 0.294 e. The van der Waals surface area contributed by atoms with E-state index < -0.39 is 10.1 Å². The average molecular weight is 624 g/mol. The van der Waals surface area contributed by atoms with Gasteiger partial charge in [-0.1, -0.05) is 180 Å². The Hall–Kier alpha value is -0.910. The summed E-state index contributed by atoms with van der Waals surface area (Å²) in [6.45, 7) is 5.80. The molecule has 0 saturated carbocycles. The van der Waals surface area contributed by atoms with Crippen LogP contribution in [0.25, 0.3) is 0 Å². The largest absolute Gasteiger partial charge is 0.309 e. The molecular formula is C38H73NO3S. The Morgan fingerprint density at radius 2 is 0.791 bits per heavy atom. The van der Waals surface area contributed by atoms with Crippen LogP contribution >= 0.6 is 0 Å². The molecule has 0 heterocycles. The van der Waals surface area contributed by atoms with Crippen LogP contribution in [0.2, 0.25) is 0 Å². The number of benzene rings is 1. The van der Waals surface area contributed by atoms with Gasteiger partial charge in [0.05, 0.1) is 4.90 Å². The molecule has 0 spiro atoms. The van der Waals surface area contributed by atoms with Gasteiger partial charge in [0.1, 0.15) is 0 Å². The van der Waals surface area contributed by atoms with E-state index >= 15 is 0 Å². The third kappa shape index (κ3) is 30.9. The van der Waals surface area contributed by atoms with Crippen LogP contribution in [-0.4, -0.2) is 38.5 Å². The van der Waals surface area contributed by atoms with Crippen LogP contribution in [0.3, 0.4) is 0 Å². The Labute approximate surface area is 270 Å². The van der Waals surface area contributed by atoms with E-state index in [0.717, 1.165) is 18.4 Å². The van der Waals surface area contributed by atoms with E-state index in [1.807, 2.05) is 0 Å². The summed E-state index contributed by atoms with van der Waals surface area (Å²) < 4.78 is 30.8. The summed E-state index contributed by atoms with van der Waals surface area (Å²) in [7, 11) is 0.280. The third-order valence-corrected chi connectivity index (χ3v) is 9.37. The lowest BCUT2D eigenvalue weighted by molar-refractivity contribution is 0.389. The van der Waals surface area contributed by atoms with Crippen molar-refractivity contribution >= 4 is 10.1 Å². The van der Waals surface area contributed by atoms with E-state index in [0.29, 0.717) is 0 Å². The lowest BCUT2D eigenvalue weighted by atomic mass is 10.0. The molecular weight excluding hydrogens is 550 g/mol. The van der Waals surface area contributed by atoms with E-state index in [4.69, 9.17) is 4.55 Å². The Bertz CT molecular complexity index is 792. The van der Waals surface area contributed by atoms with Gasteiger partial charge in [0, 0.05) is 0 Å². The molecule has 1 N–H and O–H groups in total. The minimum absolute atomic E-state index is 0.0284. The lowest BCUT2D eigenvalue weighted by Crippen LogP contribution is -2.12. The van der Waals surface area contributed by atoms with Gasteiger partial charge >= 0.3 is 0 Å². The molecule has 0 aliphatic carbocycles. The third-order valence-electron chi connectivity index (χ3n) is 8.50. The van der Waals surface area contributed by atoms with E-state index in [2.05, 4.69) is 32.8 Å². The fourth-order valence-electron chi connectivity index (χ4n) is 5.62. The normalized spacial score (nSPS) is 11.6. The molecule has 0 amide bonds. The molecule has 0 bridgehead atoms. The highest BCUT2D eigenvalue weighted by atomic mass is 32.2. The van der Waals surface area contributed by atoms with Crippen molar-refractivity contribution in [3.8, 4) is 0 Å². The first-order valence-corrected chi connectivity index (χ1v) is 20.0. The minimum Gasteiger partial charge on any atom is -0.309 e. The molecule has 254 valence electrons. The monoisotopic (exact) mass is 624 g/mol. The number of nitrogens with zero attached hydrogens (tertiary/aromatic N) is 1. The quantitative estimate of drug-likeness (QED) is 0.0712. The van der Waals surface area contributed by atoms with Gasteiger partial charge in [-0.15, -0.1) is 0 Å². The minimum atomic E-state index is -4.06. The molecule has 0 aliphatic heterocycles. The van der Waals surface area contributed by atoms with Crippen LogP contribution in [-0.2, 0) is 16.5 Å². The summed E-state index contributed by atoms with van der Waals surface area (Å²) in [5, 5.41) is 0. The highest BCUT2D eigenvalue weighted by molar-refractivity contribution is 7.85. The summed E-state index contributed by atoms with van der Waals surface area (Å²) in [6, 6.07) is 6.52. The number of hydrogen-bond acceptors (Lipinski definition) is 3. The summed E-state index contributed by atoms with van der Waals surface area (Å²) in [6.07, 6.45) is 37.4. The fraction of sp³-hybridized carbons (Fsp3) is 0.842. The average Bonchev–Trinajstić information content (AvgIpc) is 2.98. The van der Waals surface area contributed by atoms with Crippen molar-refractivity contribution in [2.45, 2.75) is 192 Å². The molecule has 1 aromatic rings. The molecule has 0 saturated heterocycles. The molecule has 43 heavy (non-hydrogen) atoms. The van der Waals surface area contributed by atoms with E-state index in [1.165, 1.54) is 179 Å². The number of unbranched alkanes of at least 4 members (excludes halogenated alkanes) is 24. The lowest BCUT2D eigenvalue weighted by Gasteiger charge is -2.08. The zero-order chi connectivity index (χ0) is 31.9. The summed E-state index contributed by atoms with van der Waals surface area (Å²) in [4.78, 5) is 2.27. The van der Waals surface area contributed by atoms with Gasteiger partial charge in [-0.2, -0.15) is 8.42 Å². The molecule has 0 fully saturated rings. The highest BCUT2D eigenvalue weighted by Gasteiger charge is 2.08. The maximum absolute atomic E-state index is 10.9. The van der Waals surface area contributed by atoms with Crippen LogP contribution in [0, 0.1) is 0 Å². The van der Waals surface area contributed by atoms with Gasteiger partial charge in [0.15, 0.2) is 0 Å². The van der Waals surface area contributed by atoms with Crippen molar-refractivity contribution in [3.05, 3.63) is 29.8 Å². The van der Waals surface area contributed by atoms with Crippen LogP contribution in [0.15, 0.2) is 29.2 Å². The first-order valence-electron chi connectivity index (χ1n) is 18.5. The molecule has 0 unspecified atom stereocenters. The van der Waals surface area contributed by atoms with Gasteiger partial charge in [0.25, 0.3) is 10.1 Å². The van der Waals surface area contributed by atoms with Gasteiger partial charge in [-0.25, -0.2) is 0 Å². The predicted molar refractivity (Wildman–Crippen MR) is 190 cm³/mol. The molecule has 1 rings (SSSR count). The SMILES string of the molecule is CCCCCCCCCCCCCCCCCCN(C)C.CCCCCCCCCCCCc1ccc(S(=O)(=O)O)cc1. The van der Waals surface area contributed by atoms with Crippen molar-refractivity contribution in [3.63, 3.8) is 0 Å². The van der Waals surface area contributed by atoms with Gasteiger partial charge in [-0.3, -0.25) is 4.55 Å². The molecule has 4 nitrogen and oxygen atoms in total. The standard InChI is InChI=1S/C20H43N.C18H30O3S/c1-4-5-6-7-8-9-10-11-12-13-14-15-16-17-18-19-20-21(2)3;1-2-3-4-5-6-7-8-9-10-11-12-17-13-15-18(16-14-17)22(19,20)21/h4-20H2,1-3H3;13-16H,2-12H2,1H3,(H,19,20,21). The molecule has 0 atom stereocenters. The van der Waals surface area contributed by atoms with E-state index in [9.17, 15) is 8.42 Å². The van der Waals surface area contributed by atoms with Crippen molar-refractivity contribution < 1.29 is 13.0 Å². The maximum Gasteiger partial charge on any atom is 0.294 e. The Morgan fingerprint density at radius 1 is 0.488 bits per heavy atom. The van der Waals surface area contributed by atoms with Gasteiger partial charge < -0.3 is 4.90 Å². The Morgan fingerprint density at radius 3 is 1.09 bits per heavy atom. The Balaban J connectivity index is 0.000000822. The van der Waals surface area contributed by atoms with Crippen molar-refractivity contribution in [1.82, 2.24) is 4.90 Å². The van der Waals surface area contributed by atoms with E-state index in [1.54, 1.807) is 12.1 Å².